The third kappa shape index (κ3) is 3.41. The van der Waals surface area contributed by atoms with Crippen LogP contribution in [0.1, 0.15) is 38.2 Å². The molecule has 3 rings (SSSR count). The van der Waals surface area contributed by atoms with Crippen LogP contribution in [0.2, 0.25) is 5.02 Å². The van der Waals surface area contributed by atoms with Crippen LogP contribution in [0.25, 0.3) is 0 Å². The van der Waals surface area contributed by atoms with Gasteiger partial charge in [-0.2, -0.15) is 0 Å². The lowest BCUT2D eigenvalue weighted by atomic mass is 9.79. The SMILES string of the molecule is CC1(C(=O)N(Cc2ccc(Cl)cc2)C2CC2)CCNCC1. The largest absolute Gasteiger partial charge is 0.335 e. The first-order valence-corrected chi connectivity index (χ1v) is 8.22. The summed E-state index contributed by atoms with van der Waals surface area (Å²) in [6.45, 7) is 4.74. The van der Waals surface area contributed by atoms with Crippen molar-refractivity contribution in [2.45, 2.75) is 45.2 Å². The fourth-order valence-electron chi connectivity index (χ4n) is 3.08. The molecule has 4 heteroatoms. The summed E-state index contributed by atoms with van der Waals surface area (Å²) in [5.41, 5.74) is 0.970. The van der Waals surface area contributed by atoms with E-state index in [-0.39, 0.29) is 5.41 Å². The van der Waals surface area contributed by atoms with Crippen LogP contribution in [-0.2, 0) is 11.3 Å². The molecule has 2 aliphatic rings. The number of benzene rings is 1. The number of halogens is 1. The highest BCUT2D eigenvalue weighted by molar-refractivity contribution is 6.30. The van der Waals surface area contributed by atoms with Gasteiger partial charge >= 0.3 is 0 Å². The number of carbonyl (C=O) groups is 1. The summed E-state index contributed by atoms with van der Waals surface area (Å²) in [6, 6.07) is 8.29. The highest BCUT2D eigenvalue weighted by Crippen LogP contribution is 2.36. The van der Waals surface area contributed by atoms with E-state index >= 15 is 0 Å². The molecule has 114 valence electrons. The van der Waals surface area contributed by atoms with Crippen molar-refractivity contribution in [3.8, 4) is 0 Å². The molecular formula is C17H23ClN2O. The van der Waals surface area contributed by atoms with Gasteiger partial charge in [0.05, 0.1) is 0 Å². The van der Waals surface area contributed by atoms with Crippen LogP contribution >= 0.6 is 11.6 Å². The lowest BCUT2D eigenvalue weighted by Gasteiger charge is -2.37. The van der Waals surface area contributed by atoms with Crippen molar-refractivity contribution in [2.75, 3.05) is 13.1 Å². The van der Waals surface area contributed by atoms with Crippen LogP contribution in [0, 0.1) is 5.41 Å². The summed E-state index contributed by atoms with van der Waals surface area (Å²) in [6.07, 6.45) is 4.17. The Kier molecular flexibility index (Phi) is 4.23. The average molecular weight is 307 g/mol. The second kappa shape index (κ2) is 5.98. The number of hydrogen-bond donors (Lipinski definition) is 1. The Bertz CT molecular complexity index is 504. The Balaban J connectivity index is 1.74. The maximum atomic E-state index is 13.0. The van der Waals surface area contributed by atoms with Gasteiger partial charge in [0.2, 0.25) is 5.91 Å². The number of nitrogens with zero attached hydrogens (tertiary/aromatic N) is 1. The van der Waals surface area contributed by atoms with Crippen molar-refractivity contribution in [1.29, 1.82) is 0 Å². The maximum absolute atomic E-state index is 13.0. The van der Waals surface area contributed by atoms with Gasteiger partial charge in [0.15, 0.2) is 0 Å². The fraction of sp³-hybridized carbons (Fsp3) is 0.588. The van der Waals surface area contributed by atoms with Gasteiger partial charge in [0, 0.05) is 23.0 Å². The predicted molar refractivity (Wildman–Crippen MR) is 85.2 cm³/mol. The van der Waals surface area contributed by atoms with E-state index in [1.165, 1.54) is 0 Å². The lowest BCUT2D eigenvalue weighted by Crippen LogP contribution is -2.48. The van der Waals surface area contributed by atoms with Crippen LogP contribution in [0.3, 0.4) is 0 Å². The molecular weight excluding hydrogens is 284 g/mol. The standard InChI is InChI=1S/C17H23ClN2O/c1-17(8-10-19-11-9-17)16(21)20(15-6-7-15)12-13-2-4-14(18)5-3-13/h2-5,15,19H,6-12H2,1H3. The van der Waals surface area contributed by atoms with Gasteiger partial charge in [-0.05, 0) is 56.5 Å². The summed E-state index contributed by atoms with van der Waals surface area (Å²) >= 11 is 5.94. The molecule has 1 saturated carbocycles. The fourth-order valence-corrected chi connectivity index (χ4v) is 3.20. The molecule has 3 nitrogen and oxygen atoms in total. The quantitative estimate of drug-likeness (QED) is 0.926. The van der Waals surface area contributed by atoms with E-state index in [1.54, 1.807) is 0 Å². The second-order valence-corrected chi connectivity index (χ2v) is 7.04. The number of hydrogen-bond acceptors (Lipinski definition) is 2. The minimum Gasteiger partial charge on any atom is -0.335 e. The molecule has 0 unspecified atom stereocenters. The van der Waals surface area contributed by atoms with E-state index in [4.69, 9.17) is 11.6 Å². The molecule has 0 atom stereocenters. The topological polar surface area (TPSA) is 32.3 Å². The van der Waals surface area contributed by atoms with Crippen molar-refractivity contribution in [3.05, 3.63) is 34.9 Å². The summed E-state index contributed by atoms with van der Waals surface area (Å²) in [5, 5.41) is 4.09. The van der Waals surface area contributed by atoms with Crippen molar-refractivity contribution in [3.63, 3.8) is 0 Å². The monoisotopic (exact) mass is 306 g/mol. The number of carbonyl (C=O) groups excluding carboxylic acids is 1. The molecule has 1 saturated heterocycles. The number of nitrogens with one attached hydrogen (secondary N) is 1. The van der Waals surface area contributed by atoms with E-state index in [2.05, 4.69) is 17.1 Å². The lowest BCUT2D eigenvalue weighted by molar-refractivity contribution is -0.144. The molecule has 2 fully saturated rings. The van der Waals surface area contributed by atoms with Crippen LogP contribution in [-0.4, -0.2) is 29.9 Å². The molecule has 21 heavy (non-hydrogen) atoms. The highest BCUT2D eigenvalue weighted by Gasteiger charge is 2.42. The number of piperidine rings is 1. The molecule has 1 aromatic rings. The van der Waals surface area contributed by atoms with Gasteiger partial charge < -0.3 is 10.2 Å². The molecule has 1 aliphatic heterocycles. The summed E-state index contributed by atoms with van der Waals surface area (Å²) in [4.78, 5) is 15.2. The summed E-state index contributed by atoms with van der Waals surface area (Å²) < 4.78 is 0. The average Bonchev–Trinajstić information content (AvgIpc) is 3.31. The van der Waals surface area contributed by atoms with Crippen molar-refractivity contribution < 1.29 is 4.79 Å². The van der Waals surface area contributed by atoms with Crippen molar-refractivity contribution in [2.24, 2.45) is 5.41 Å². The zero-order valence-electron chi connectivity index (χ0n) is 12.6. The molecule has 1 aliphatic carbocycles. The minimum absolute atomic E-state index is 0.194. The third-order valence-electron chi connectivity index (χ3n) is 4.74. The molecule has 0 radical (unpaired) electrons. The van der Waals surface area contributed by atoms with E-state index in [9.17, 15) is 4.79 Å². The van der Waals surface area contributed by atoms with Gasteiger partial charge in [-0.15, -0.1) is 0 Å². The molecule has 0 bridgehead atoms. The predicted octanol–water partition coefficient (Wildman–Crippen LogP) is 3.22. The van der Waals surface area contributed by atoms with E-state index in [0.717, 1.165) is 49.4 Å². The third-order valence-corrected chi connectivity index (χ3v) is 4.99. The summed E-state index contributed by atoms with van der Waals surface area (Å²) in [7, 11) is 0. The first kappa shape index (κ1) is 14.9. The van der Waals surface area contributed by atoms with Crippen LogP contribution in [0.5, 0.6) is 0 Å². The van der Waals surface area contributed by atoms with E-state index in [0.29, 0.717) is 18.5 Å². The summed E-state index contributed by atoms with van der Waals surface area (Å²) in [5.74, 6) is 0.335. The Morgan fingerprint density at radius 3 is 2.48 bits per heavy atom. The van der Waals surface area contributed by atoms with Crippen LogP contribution in [0.4, 0.5) is 0 Å². The van der Waals surface area contributed by atoms with E-state index in [1.807, 2.05) is 24.3 Å². The Labute approximate surface area is 131 Å². The van der Waals surface area contributed by atoms with Gasteiger partial charge in [0.25, 0.3) is 0 Å². The highest BCUT2D eigenvalue weighted by atomic mass is 35.5. The zero-order chi connectivity index (χ0) is 14.9. The van der Waals surface area contributed by atoms with Crippen molar-refractivity contribution >= 4 is 17.5 Å². The van der Waals surface area contributed by atoms with Gasteiger partial charge in [0.1, 0.15) is 0 Å². The molecule has 1 heterocycles. The second-order valence-electron chi connectivity index (χ2n) is 6.60. The van der Waals surface area contributed by atoms with Crippen LogP contribution < -0.4 is 5.32 Å². The van der Waals surface area contributed by atoms with Crippen molar-refractivity contribution in [1.82, 2.24) is 10.2 Å². The van der Waals surface area contributed by atoms with Gasteiger partial charge in [-0.25, -0.2) is 0 Å². The molecule has 1 aromatic carbocycles. The number of amides is 1. The Morgan fingerprint density at radius 2 is 1.90 bits per heavy atom. The first-order valence-electron chi connectivity index (χ1n) is 7.85. The smallest absolute Gasteiger partial charge is 0.229 e. The number of rotatable bonds is 4. The zero-order valence-corrected chi connectivity index (χ0v) is 13.3. The normalized spacial score (nSPS) is 21.0. The van der Waals surface area contributed by atoms with Gasteiger partial charge in [-0.1, -0.05) is 30.7 Å². The first-order chi connectivity index (χ1) is 10.1. The molecule has 1 N–H and O–H groups in total. The molecule has 1 amide bonds. The van der Waals surface area contributed by atoms with Crippen LogP contribution in [0.15, 0.2) is 24.3 Å². The Hall–Kier alpha value is -1.06. The molecule has 0 aromatic heterocycles. The van der Waals surface area contributed by atoms with Gasteiger partial charge in [-0.3, -0.25) is 4.79 Å². The van der Waals surface area contributed by atoms with E-state index < -0.39 is 0 Å². The molecule has 0 spiro atoms. The minimum atomic E-state index is -0.194. The Morgan fingerprint density at radius 1 is 1.29 bits per heavy atom. The maximum Gasteiger partial charge on any atom is 0.229 e.